The smallest absolute Gasteiger partial charge is 0.438 e. The molecule has 0 spiro atoms. The first kappa shape index (κ1) is 15.6. The molecule has 0 radical (unpaired) electrons. The largest absolute Gasteiger partial charge is 0.471 e. The summed E-state index contributed by atoms with van der Waals surface area (Å²) in [6.45, 7) is 3.30. The third kappa shape index (κ3) is 2.55. The second-order valence-electron chi connectivity index (χ2n) is 4.99. The Balaban J connectivity index is 2.41. The van der Waals surface area contributed by atoms with Crippen LogP contribution in [0.1, 0.15) is 42.1 Å². The summed E-state index contributed by atoms with van der Waals surface area (Å²) in [5.41, 5.74) is -2.84. The van der Waals surface area contributed by atoms with Crippen molar-refractivity contribution in [3.63, 3.8) is 0 Å². The van der Waals surface area contributed by atoms with Crippen LogP contribution in [0.5, 0.6) is 0 Å². The highest BCUT2D eigenvalue weighted by atomic mass is 19.4. The summed E-state index contributed by atoms with van der Waals surface area (Å²) in [5.74, 6) is -1.04. The maximum absolute atomic E-state index is 13.2. The molecule has 0 aliphatic carbocycles. The minimum absolute atomic E-state index is 0.0563. The van der Waals surface area contributed by atoms with Gasteiger partial charge in [0, 0.05) is 17.7 Å². The van der Waals surface area contributed by atoms with Gasteiger partial charge >= 0.3 is 6.18 Å². The van der Waals surface area contributed by atoms with Crippen LogP contribution in [0.3, 0.4) is 0 Å². The minimum Gasteiger partial charge on any atom is -0.471 e. The standard InChI is InChI=1S/C13H15F3N2O3/c1-3-4-9-5-12(20,13(14,15)16)18(17-9)11(19)10-7-21-6-8(10)2/h6-7,20H,3-5H2,1-2H3/t12-/m0/s1. The van der Waals surface area contributed by atoms with Gasteiger partial charge in [-0.1, -0.05) is 13.3 Å². The Morgan fingerprint density at radius 1 is 1.52 bits per heavy atom. The average molecular weight is 304 g/mol. The van der Waals surface area contributed by atoms with E-state index in [9.17, 15) is 23.1 Å². The first-order valence-corrected chi connectivity index (χ1v) is 6.43. The molecular weight excluding hydrogens is 289 g/mol. The molecule has 116 valence electrons. The molecular formula is C13H15F3N2O3. The summed E-state index contributed by atoms with van der Waals surface area (Å²) in [7, 11) is 0. The number of hydrogen-bond donors (Lipinski definition) is 1. The Morgan fingerprint density at radius 2 is 2.19 bits per heavy atom. The number of carbonyl (C=O) groups excluding carboxylic acids is 1. The van der Waals surface area contributed by atoms with Crippen LogP contribution in [-0.4, -0.2) is 33.6 Å². The lowest BCUT2D eigenvalue weighted by Crippen LogP contribution is -2.56. The second-order valence-corrected chi connectivity index (χ2v) is 4.99. The maximum atomic E-state index is 13.2. The van der Waals surface area contributed by atoms with Crippen LogP contribution in [0.2, 0.25) is 0 Å². The molecule has 0 unspecified atom stereocenters. The fourth-order valence-electron chi connectivity index (χ4n) is 2.17. The monoisotopic (exact) mass is 304 g/mol. The molecule has 2 rings (SSSR count). The zero-order valence-corrected chi connectivity index (χ0v) is 11.6. The van der Waals surface area contributed by atoms with Gasteiger partial charge in [0.25, 0.3) is 11.6 Å². The lowest BCUT2D eigenvalue weighted by atomic mass is 10.0. The fraction of sp³-hybridized carbons (Fsp3) is 0.538. The quantitative estimate of drug-likeness (QED) is 0.933. The third-order valence-electron chi connectivity index (χ3n) is 3.31. The highest BCUT2D eigenvalue weighted by molar-refractivity contribution is 5.99. The lowest BCUT2D eigenvalue weighted by Gasteiger charge is -2.32. The fourth-order valence-corrected chi connectivity index (χ4v) is 2.17. The number of halogens is 3. The molecule has 0 bridgehead atoms. The van der Waals surface area contributed by atoms with Crippen molar-refractivity contribution >= 4 is 11.6 Å². The van der Waals surface area contributed by atoms with Crippen molar-refractivity contribution in [1.82, 2.24) is 5.01 Å². The van der Waals surface area contributed by atoms with Crippen LogP contribution >= 0.6 is 0 Å². The molecule has 1 aliphatic heterocycles. The first-order valence-electron chi connectivity index (χ1n) is 6.43. The molecule has 0 aromatic carbocycles. The van der Waals surface area contributed by atoms with Gasteiger partial charge in [0.15, 0.2) is 0 Å². The van der Waals surface area contributed by atoms with E-state index in [4.69, 9.17) is 4.42 Å². The maximum Gasteiger partial charge on any atom is 0.438 e. The van der Waals surface area contributed by atoms with Gasteiger partial charge in [0.05, 0.1) is 11.8 Å². The van der Waals surface area contributed by atoms with Crippen LogP contribution in [0, 0.1) is 6.92 Å². The van der Waals surface area contributed by atoms with Crippen LogP contribution in [0.25, 0.3) is 0 Å². The van der Waals surface area contributed by atoms with E-state index >= 15 is 0 Å². The number of hydrogen-bond acceptors (Lipinski definition) is 4. The summed E-state index contributed by atoms with van der Waals surface area (Å²) in [4.78, 5) is 12.2. The van der Waals surface area contributed by atoms with Crippen molar-refractivity contribution in [2.75, 3.05) is 0 Å². The number of nitrogens with zero attached hydrogens (tertiary/aromatic N) is 2. The van der Waals surface area contributed by atoms with Crippen molar-refractivity contribution in [2.24, 2.45) is 5.10 Å². The van der Waals surface area contributed by atoms with Crippen molar-refractivity contribution < 1.29 is 27.5 Å². The number of rotatable bonds is 3. The van der Waals surface area contributed by atoms with E-state index in [1.54, 1.807) is 6.92 Å². The van der Waals surface area contributed by atoms with Gasteiger partial charge < -0.3 is 9.52 Å². The molecule has 0 fully saturated rings. The number of furan rings is 1. The van der Waals surface area contributed by atoms with E-state index in [2.05, 4.69) is 5.10 Å². The van der Waals surface area contributed by atoms with Crippen LogP contribution in [-0.2, 0) is 0 Å². The van der Waals surface area contributed by atoms with Gasteiger partial charge in [-0.2, -0.15) is 23.3 Å². The summed E-state index contributed by atoms with van der Waals surface area (Å²) in [5, 5.41) is 13.8. The van der Waals surface area contributed by atoms with Gasteiger partial charge in [-0.3, -0.25) is 4.79 Å². The van der Waals surface area contributed by atoms with Crippen LogP contribution < -0.4 is 0 Å². The molecule has 1 amide bonds. The van der Waals surface area contributed by atoms with E-state index in [0.717, 1.165) is 6.26 Å². The number of amides is 1. The van der Waals surface area contributed by atoms with Crippen molar-refractivity contribution in [3.8, 4) is 0 Å². The Hall–Kier alpha value is -1.83. The number of alkyl halides is 3. The van der Waals surface area contributed by atoms with Crippen molar-refractivity contribution in [1.29, 1.82) is 0 Å². The van der Waals surface area contributed by atoms with E-state index in [0.29, 0.717) is 12.0 Å². The van der Waals surface area contributed by atoms with Gasteiger partial charge in [-0.25, -0.2) is 0 Å². The second kappa shape index (κ2) is 5.18. The number of carbonyl (C=O) groups is 1. The van der Waals surface area contributed by atoms with E-state index in [-0.39, 0.29) is 22.7 Å². The number of hydrazone groups is 1. The predicted octanol–water partition coefficient (Wildman–Crippen LogP) is 2.84. The van der Waals surface area contributed by atoms with Crippen molar-refractivity contribution in [2.45, 2.75) is 45.0 Å². The van der Waals surface area contributed by atoms with Crippen LogP contribution in [0.15, 0.2) is 22.0 Å². The molecule has 1 aliphatic rings. The first-order chi connectivity index (χ1) is 9.70. The molecule has 1 atom stereocenters. The molecule has 5 nitrogen and oxygen atoms in total. The summed E-state index contributed by atoms with van der Waals surface area (Å²) in [6.07, 6.45) is -2.59. The normalized spacial score (nSPS) is 22.6. The Morgan fingerprint density at radius 3 is 2.67 bits per heavy atom. The molecule has 0 saturated carbocycles. The zero-order chi connectivity index (χ0) is 15.8. The molecule has 1 aromatic rings. The molecule has 1 aromatic heterocycles. The lowest BCUT2D eigenvalue weighted by molar-refractivity contribution is -0.297. The highest BCUT2D eigenvalue weighted by Gasteiger charge is 2.63. The van der Waals surface area contributed by atoms with Crippen molar-refractivity contribution in [3.05, 3.63) is 23.7 Å². The van der Waals surface area contributed by atoms with Gasteiger partial charge in [-0.05, 0) is 13.3 Å². The molecule has 0 saturated heterocycles. The number of aryl methyl sites for hydroxylation is 1. The SMILES string of the molecule is CCCC1=NN(C(=O)c2cocc2C)[C@@](O)(C(F)(F)F)C1. The highest BCUT2D eigenvalue weighted by Crippen LogP contribution is 2.41. The topological polar surface area (TPSA) is 66.0 Å². The zero-order valence-electron chi connectivity index (χ0n) is 11.6. The Bertz CT molecular complexity index is 579. The molecule has 1 N–H and O–H groups in total. The Labute approximate surface area is 119 Å². The summed E-state index contributed by atoms with van der Waals surface area (Å²) >= 11 is 0. The summed E-state index contributed by atoms with van der Waals surface area (Å²) < 4.78 is 44.3. The molecule has 21 heavy (non-hydrogen) atoms. The molecule has 8 heteroatoms. The van der Waals surface area contributed by atoms with E-state index < -0.39 is 24.2 Å². The molecule has 2 heterocycles. The number of aliphatic hydroxyl groups is 1. The Kier molecular flexibility index (Phi) is 3.83. The predicted molar refractivity (Wildman–Crippen MR) is 67.6 cm³/mol. The average Bonchev–Trinajstić information content (AvgIpc) is 2.93. The van der Waals surface area contributed by atoms with Crippen LogP contribution in [0.4, 0.5) is 13.2 Å². The van der Waals surface area contributed by atoms with Gasteiger partial charge in [0.2, 0.25) is 0 Å². The summed E-state index contributed by atoms with van der Waals surface area (Å²) in [6, 6.07) is 0. The van der Waals surface area contributed by atoms with Gasteiger partial charge in [0.1, 0.15) is 6.26 Å². The third-order valence-corrected chi connectivity index (χ3v) is 3.31. The minimum atomic E-state index is -5.00. The van der Waals surface area contributed by atoms with E-state index in [1.807, 2.05) is 0 Å². The van der Waals surface area contributed by atoms with Gasteiger partial charge in [-0.15, -0.1) is 0 Å². The van der Waals surface area contributed by atoms with E-state index in [1.165, 1.54) is 13.2 Å².